The maximum atomic E-state index is 4.22. The average Bonchev–Trinajstić information content (AvgIpc) is 2.98. The molecule has 5 aromatic carbocycles. The molecule has 0 spiro atoms. The Morgan fingerprint density at radius 2 is 0.556 bits per heavy atom. The predicted molar refractivity (Wildman–Crippen MR) is 151 cm³/mol. The van der Waals surface area contributed by atoms with E-state index in [1.165, 1.54) is 50.1 Å². The second-order valence-corrected chi connectivity index (χ2v) is 8.93. The molecule has 0 bridgehead atoms. The second-order valence-electron chi connectivity index (χ2n) is 8.93. The third-order valence-corrected chi connectivity index (χ3v) is 6.55. The van der Waals surface area contributed by atoms with Crippen LogP contribution in [-0.4, -0.2) is 4.98 Å². The SMILES string of the molecule is c1ccc(-c2cccc(-c3cc(-c4ccncc4)cc(-c4cccc(-c5ccccc5)c4)c3)c2)cc1. The third-order valence-electron chi connectivity index (χ3n) is 6.55. The summed E-state index contributed by atoms with van der Waals surface area (Å²) in [6, 6.07) is 49.7. The largest absolute Gasteiger partial charge is 0.265 e. The summed E-state index contributed by atoms with van der Waals surface area (Å²) in [6.45, 7) is 0. The summed E-state index contributed by atoms with van der Waals surface area (Å²) in [5.41, 5.74) is 12.0. The van der Waals surface area contributed by atoms with E-state index in [2.05, 4.69) is 145 Å². The summed E-state index contributed by atoms with van der Waals surface area (Å²) in [4.78, 5) is 4.22. The van der Waals surface area contributed by atoms with E-state index in [-0.39, 0.29) is 0 Å². The highest BCUT2D eigenvalue weighted by molar-refractivity contribution is 5.84. The van der Waals surface area contributed by atoms with Gasteiger partial charge in [0.15, 0.2) is 0 Å². The number of hydrogen-bond acceptors (Lipinski definition) is 1. The average molecular weight is 460 g/mol. The van der Waals surface area contributed by atoms with Crippen LogP contribution in [0.1, 0.15) is 0 Å². The minimum Gasteiger partial charge on any atom is -0.265 e. The topological polar surface area (TPSA) is 12.9 Å². The van der Waals surface area contributed by atoms with Crippen molar-refractivity contribution < 1.29 is 0 Å². The highest BCUT2D eigenvalue weighted by Gasteiger charge is 2.09. The van der Waals surface area contributed by atoms with Crippen LogP contribution in [0.4, 0.5) is 0 Å². The molecule has 0 atom stereocenters. The van der Waals surface area contributed by atoms with Crippen molar-refractivity contribution in [2.24, 2.45) is 0 Å². The Balaban J connectivity index is 1.50. The first-order valence-corrected chi connectivity index (χ1v) is 12.2. The predicted octanol–water partition coefficient (Wildman–Crippen LogP) is 9.42. The van der Waals surface area contributed by atoms with E-state index in [9.17, 15) is 0 Å². The molecule has 0 N–H and O–H groups in total. The van der Waals surface area contributed by atoms with Crippen molar-refractivity contribution in [2.45, 2.75) is 0 Å². The van der Waals surface area contributed by atoms with Gasteiger partial charge in [-0.05, 0) is 98.1 Å². The van der Waals surface area contributed by atoms with E-state index in [4.69, 9.17) is 0 Å². The lowest BCUT2D eigenvalue weighted by molar-refractivity contribution is 1.33. The van der Waals surface area contributed by atoms with Crippen molar-refractivity contribution in [1.82, 2.24) is 4.98 Å². The molecular formula is C35H25N. The zero-order valence-corrected chi connectivity index (χ0v) is 19.9. The molecule has 0 unspecified atom stereocenters. The molecule has 1 heteroatoms. The van der Waals surface area contributed by atoms with Crippen molar-refractivity contribution in [1.29, 1.82) is 0 Å². The third kappa shape index (κ3) is 4.60. The molecule has 0 aliphatic carbocycles. The standard InChI is InChI=1S/C35H25N/c1-3-9-26(10-4-1)29-13-7-15-31(21-29)34-23-33(28-17-19-36-20-18-28)24-35(25-34)32-16-8-14-30(22-32)27-11-5-2-6-12-27/h1-25H. The second kappa shape index (κ2) is 9.85. The lowest BCUT2D eigenvalue weighted by atomic mass is 9.91. The van der Waals surface area contributed by atoms with Crippen LogP contribution in [0.15, 0.2) is 152 Å². The number of aromatic nitrogens is 1. The van der Waals surface area contributed by atoms with Gasteiger partial charge in [-0.25, -0.2) is 0 Å². The molecule has 0 saturated heterocycles. The van der Waals surface area contributed by atoms with E-state index in [0.717, 1.165) is 5.56 Å². The summed E-state index contributed by atoms with van der Waals surface area (Å²) in [7, 11) is 0. The van der Waals surface area contributed by atoms with Gasteiger partial charge >= 0.3 is 0 Å². The fourth-order valence-electron chi connectivity index (χ4n) is 4.69. The van der Waals surface area contributed by atoms with E-state index in [1.54, 1.807) is 0 Å². The number of hydrogen-bond donors (Lipinski definition) is 0. The summed E-state index contributed by atoms with van der Waals surface area (Å²) < 4.78 is 0. The van der Waals surface area contributed by atoms with Crippen LogP contribution in [0.2, 0.25) is 0 Å². The van der Waals surface area contributed by atoms with Crippen LogP contribution in [0.5, 0.6) is 0 Å². The summed E-state index contributed by atoms with van der Waals surface area (Å²) >= 11 is 0. The minimum atomic E-state index is 1.16. The quantitative estimate of drug-likeness (QED) is 0.250. The van der Waals surface area contributed by atoms with Crippen molar-refractivity contribution in [3.63, 3.8) is 0 Å². The molecule has 0 radical (unpaired) electrons. The molecule has 1 heterocycles. The van der Waals surface area contributed by atoms with Crippen molar-refractivity contribution in [3.8, 4) is 55.6 Å². The molecule has 1 nitrogen and oxygen atoms in total. The van der Waals surface area contributed by atoms with Gasteiger partial charge in [-0.15, -0.1) is 0 Å². The monoisotopic (exact) mass is 459 g/mol. The van der Waals surface area contributed by atoms with Crippen molar-refractivity contribution in [2.75, 3.05) is 0 Å². The van der Waals surface area contributed by atoms with Gasteiger partial charge in [0, 0.05) is 12.4 Å². The van der Waals surface area contributed by atoms with Gasteiger partial charge in [-0.1, -0.05) is 97.1 Å². The van der Waals surface area contributed by atoms with Crippen LogP contribution < -0.4 is 0 Å². The summed E-state index contributed by atoms with van der Waals surface area (Å²) in [5, 5.41) is 0. The van der Waals surface area contributed by atoms with E-state index >= 15 is 0 Å². The zero-order valence-electron chi connectivity index (χ0n) is 19.9. The Morgan fingerprint density at radius 3 is 1.00 bits per heavy atom. The fourth-order valence-corrected chi connectivity index (χ4v) is 4.69. The highest BCUT2D eigenvalue weighted by Crippen LogP contribution is 2.35. The van der Waals surface area contributed by atoms with E-state index in [0.29, 0.717) is 0 Å². The lowest BCUT2D eigenvalue weighted by Crippen LogP contribution is -1.88. The van der Waals surface area contributed by atoms with Crippen LogP contribution in [0.3, 0.4) is 0 Å². The van der Waals surface area contributed by atoms with Gasteiger partial charge in [0.2, 0.25) is 0 Å². The molecule has 36 heavy (non-hydrogen) atoms. The molecule has 6 aromatic rings. The molecule has 0 aliphatic rings. The Morgan fingerprint density at radius 1 is 0.250 bits per heavy atom. The maximum Gasteiger partial charge on any atom is 0.0273 e. The van der Waals surface area contributed by atoms with Crippen LogP contribution in [0, 0.1) is 0 Å². The highest BCUT2D eigenvalue weighted by atomic mass is 14.6. The minimum absolute atomic E-state index is 1.16. The fraction of sp³-hybridized carbons (Fsp3) is 0. The van der Waals surface area contributed by atoms with Crippen molar-refractivity contribution in [3.05, 3.63) is 152 Å². The molecular weight excluding hydrogens is 434 g/mol. The number of nitrogens with zero attached hydrogens (tertiary/aromatic N) is 1. The Kier molecular flexibility index (Phi) is 5.96. The van der Waals surface area contributed by atoms with Gasteiger partial charge in [-0.3, -0.25) is 4.98 Å². The number of pyridine rings is 1. The molecule has 0 aliphatic heterocycles. The maximum absolute atomic E-state index is 4.22. The Bertz CT molecular complexity index is 1500. The number of rotatable bonds is 5. The van der Waals surface area contributed by atoms with Gasteiger partial charge in [0.25, 0.3) is 0 Å². The van der Waals surface area contributed by atoms with Crippen molar-refractivity contribution >= 4 is 0 Å². The van der Waals surface area contributed by atoms with Crippen LogP contribution in [0.25, 0.3) is 55.6 Å². The summed E-state index contributed by atoms with van der Waals surface area (Å²) in [5.74, 6) is 0. The zero-order chi connectivity index (χ0) is 24.2. The Labute approximate surface area is 212 Å². The van der Waals surface area contributed by atoms with Crippen LogP contribution >= 0.6 is 0 Å². The smallest absolute Gasteiger partial charge is 0.0273 e. The molecule has 170 valence electrons. The summed E-state index contributed by atoms with van der Waals surface area (Å²) in [6.07, 6.45) is 3.71. The molecule has 0 fully saturated rings. The normalized spacial score (nSPS) is 10.8. The molecule has 1 aromatic heterocycles. The number of benzene rings is 5. The molecule has 0 amide bonds. The van der Waals surface area contributed by atoms with Crippen LogP contribution in [-0.2, 0) is 0 Å². The van der Waals surface area contributed by atoms with E-state index in [1.807, 2.05) is 12.4 Å². The van der Waals surface area contributed by atoms with Gasteiger partial charge in [0.05, 0.1) is 0 Å². The van der Waals surface area contributed by atoms with E-state index < -0.39 is 0 Å². The Hall–Kier alpha value is -4.75. The first-order valence-electron chi connectivity index (χ1n) is 12.2. The molecule has 0 saturated carbocycles. The first-order chi connectivity index (χ1) is 17.8. The van der Waals surface area contributed by atoms with Gasteiger partial charge in [0.1, 0.15) is 0 Å². The lowest BCUT2D eigenvalue weighted by Gasteiger charge is -2.13. The van der Waals surface area contributed by atoms with Gasteiger partial charge < -0.3 is 0 Å². The molecule has 6 rings (SSSR count). The first kappa shape index (κ1) is 21.8. The van der Waals surface area contributed by atoms with Gasteiger partial charge in [-0.2, -0.15) is 0 Å².